The number of nitrogens with zero attached hydrogens (tertiary/aromatic N) is 1. The number of benzene rings is 2. The molecule has 0 radical (unpaired) electrons. The van der Waals surface area contributed by atoms with Crippen molar-refractivity contribution in [1.29, 1.82) is 0 Å². The van der Waals surface area contributed by atoms with Crippen LogP contribution in [0.2, 0.25) is 0 Å². The van der Waals surface area contributed by atoms with E-state index in [0.29, 0.717) is 0 Å². The Kier molecular flexibility index (Phi) is 4.40. The summed E-state index contributed by atoms with van der Waals surface area (Å²) in [6, 6.07) is 13.8. The van der Waals surface area contributed by atoms with Crippen molar-refractivity contribution in [3.05, 3.63) is 65.9 Å². The molecule has 0 heterocycles. The molecule has 0 aliphatic carbocycles. The van der Waals surface area contributed by atoms with Crippen LogP contribution in [0.3, 0.4) is 0 Å². The Balaban J connectivity index is 2.28. The fraction of sp³-hybridized carbons (Fsp3) is 0. The molecule has 9 heteroatoms. The first-order chi connectivity index (χ1) is 9.84. The number of hydrazine groups is 1. The van der Waals surface area contributed by atoms with Gasteiger partial charge in [0.05, 0.1) is 9.79 Å². The maximum atomic E-state index is 11.9. The van der Waals surface area contributed by atoms with E-state index in [1.807, 2.05) is 0 Å². The van der Waals surface area contributed by atoms with Gasteiger partial charge in [-0.25, -0.2) is 16.8 Å². The highest BCUT2D eigenvalue weighted by Gasteiger charge is 2.22. The second kappa shape index (κ2) is 5.92. The fourth-order valence-corrected chi connectivity index (χ4v) is 3.68. The largest absolute Gasteiger partial charge is 0.757 e. The summed E-state index contributed by atoms with van der Waals surface area (Å²) in [5.74, 6) is 0. The SMILES string of the molecule is O=S(=O)(NN([O-])S(=O)(=O)c1ccccc1)c1ccccc1. The predicted molar refractivity (Wildman–Crippen MR) is 75.6 cm³/mol. The molecule has 2 rings (SSSR count). The van der Waals surface area contributed by atoms with Crippen LogP contribution >= 0.6 is 0 Å². The molecule has 2 aromatic rings. The minimum Gasteiger partial charge on any atom is -0.757 e. The lowest BCUT2D eigenvalue weighted by Gasteiger charge is -2.27. The highest BCUT2D eigenvalue weighted by Crippen LogP contribution is 2.15. The Labute approximate surface area is 122 Å². The first kappa shape index (κ1) is 15.6. The number of hydrogen-bond acceptors (Lipinski definition) is 5. The molecule has 0 aromatic heterocycles. The zero-order chi connectivity index (χ0) is 15.5. The Morgan fingerprint density at radius 2 is 1.19 bits per heavy atom. The molecule has 1 N–H and O–H groups in total. The summed E-state index contributed by atoms with van der Waals surface area (Å²) in [6.45, 7) is 0. The monoisotopic (exact) mass is 327 g/mol. The molecule has 0 aliphatic heterocycles. The Hall–Kier alpha value is -1.78. The van der Waals surface area contributed by atoms with Crippen LogP contribution in [-0.2, 0) is 20.0 Å². The van der Waals surface area contributed by atoms with Crippen LogP contribution in [0.25, 0.3) is 0 Å². The smallest absolute Gasteiger partial charge is 0.253 e. The minimum atomic E-state index is -4.49. The summed E-state index contributed by atoms with van der Waals surface area (Å²) in [5.41, 5.74) is 0. The van der Waals surface area contributed by atoms with E-state index in [-0.39, 0.29) is 9.79 Å². The van der Waals surface area contributed by atoms with E-state index in [2.05, 4.69) is 0 Å². The first-order valence-corrected chi connectivity index (χ1v) is 8.61. The molecule has 0 unspecified atom stereocenters. The van der Waals surface area contributed by atoms with Gasteiger partial charge in [0.1, 0.15) is 0 Å². The summed E-state index contributed by atoms with van der Waals surface area (Å²) in [7, 11) is -8.76. The highest BCUT2D eigenvalue weighted by atomic mass is 32.2. The lowest BCUT2D eigenvalue weighted by molar-refractivity contribution is 0.461. The first-order valence-electron chi connectivity index (χ1n) is 5.69. The predicted octanol–water partition coefficient (Wildman–Crippen LogP) is 1.07. The van der Waals surface area contributed by atoms with Crippen LogP contribution in [0.1, 0.15) is 0 Å². The number of sulfonamides is 2. The quantitative estimate of drug-likeness (QED) is 0.827. The van der Waals surface area contributed by atoms with Crippen molar-refractivity contribution in [2.75, 3.05) is 0 Å². The van der Waals surface area contributed by atoms with E-state index in [1.54, 1.807) is 12.1 Å². The normalized spacial score (nSPS) is 12.5. The average Bonchev–Trinajstić information content (AvgIpc) is 2.48. The highest BCUT2D eigenvalue weighted by molar-refractivity contribution is 7.92. The molecule has 0 saturated carbocycles. The van der Waals surface area contributed by atoms with Gasteiger partial charge in [-0.1, -0.05) is 36.4 Å². The zero-order valence-electron chi connectivity index (χ0n) is 10.6. The molecule has 0 atom stereocenters. The van der Waals surface area contributed by atoms with E-state index in [9.17, 15) is 22.0 Å². The third-order valence-corrected chi connectivity index (χ3v) is 5.32. The molecule has 112 valence electrons. The Morgan fingerprint density at radius 3 is 1.67 bits per heavy atom. The van der Waals surface area contributed by atoms with Gasteiger partial charge in [-0.15, -0.1) is 4.83 Å². The summed E-state index contributed by atoms with van der Waals surface area (Å²) >= 11 is 0. The van der Waals surface area contributed by atoms with Crippen molar-refractivity contribution in [1.82, 2.24) is 9.41 Å². The summed E-state index contributed by atoms with van der Waals surface area (Å²) in [5, 5.41) is 11.7. The van der Waals surface area contributed by atoms with Gasteiger partial charge < -0.3 is 5.21 Å². The van der Waals surface area contributed by atoms with Gasteiger partial charge in [-0.3, -0.25) is 0 Å². The zero-order valence-corrected chi connectivity index (χ0v) is 12.2. The van der Waals surface area contributed by atoms with Gasteiger partial charge >= 0.3 is 0 Å². The number of nitrogens with one attached hydrogen (secondary N) is 1. The number of rotatable bonds is 5. The van der Waals surface area contributed by atoms with E-state index >= 15 is 0 Å². The molecule has 0 bridgehead atoms. The summed E-state index contributed by atoms with van der Waals surface area (Å²) in [4.78, 5) is 0.950. The lowest BCUT2D eigenvalue weighted by Crippen LogP contribution is -2.41. The molecular formula is C12H11N2O5S2-. The van der Waals surface area contributed by atoms with Crippen molar-refractivity contribution < 1.29 is 16.8 Å². The van der Waals surface area contributed by atoms with E-state index in [0.717, 1.165) is 0 Å². The van der Waals surface area contributed by atoms with Gasteiger partial charge in [0, 0.05) is 0 Å². The molecule has 0 fully saturated rings. The van der Waals surface area contributed by atoms with Gasteiger partial charge in [0.2, 0.25) is 10.0 Å². The second-order valence-corrected chi connectivity index (χ2v) is 7.37. The van der Waals surface area contributed by atoms with Crippen LogP contribution in [0, 0.1) is 5.21 Å². The van der Waals surface area contributed by atoms with Crippen molar-refractivity contribution >= 4 is 20.0 Å². The number of hydrogen-bond donors (Lipinski definition) is 1. The van der Waals surface area contributed by atoms with Crippen molar-refractivity contribution in [3.8, 4) is 0 Å². The summed E-state index contributed by atoms with van der Waals surface area (Å²) in [6.07, 6.45) is 0. The maximum absolute atomic E-state index is 11.9. The molecule has 2 aromatic carbocycles. The Bertz CT molecular complexity index is 805. The van der Waals surface area contributed by atoms with Crippen molar-refractivity contribution in [2.24, 2.45) is 0 Å². The summed E-state index contributed by atoms with van der Waals surface area (Å²) < 4.78 is 47.0. The fourth-order valence-electron chi connectivity index (χ4n) is 1.49. The van der Waals surface area contributed by atoms with Gasteiger partial charge in [-0.05, 0) is 24.3 Å². The van der Waals surface area contributed by atoms with Crippen LogP contribution in [0.15, 0.2) is 70.5 Å². The van der Waals surface area contributed by atoms with Gasteiger partial charge in [0.15, 0.2) is 0 Å². The molecule has 0 spiro atoms. The lowest BCUT2D eigenvalue weighted by atomic mass is 10.4. The van der Waals surface area contributed by atoms with Crippen molar-refractivity contribution in [2.45, 2.75) is 9.79 Å². The molecule has 0 amide bonds. The van der Waals surface area contributed by atoms with Gasteiger partial charge in [0.25, 0.3) is 10.0 Å². The molecular weight excluding hydrogens is 316 g/mol. The van der Waals surface area contributed by atoms with Crippen LogP contribution in [-0.4, -0.2) is 21.4 Å². The standard InChI is InChI=1S/C12H11N2O5S2/c15-14(21(18,19)12-9-5-2-6-10-12)13-20(16,17)11-7-3-1-4-8-11/h1-10,13H/q-1. The molecule has 7 nitrogen and oxygen atoms in total. The van der Waals surface area contributed by atoms with Crippen LogP contribution in [0.5, 0.6) is 0 Å². The molecule has 0 aliphatic rings. The van der Waals surface area contributed by atoms with E-state index in [1.165, 1.54) is 53.4 Å². The van der Waals surface area contributed by atoms with Crippen molar-refractivity contribution in [3.63, 3.8) is 0 Å². The average molecular weight is 327 g/mol. The van der Waals surface area contributed by atoms with Gasteiger partial charge in [-0.2, -0.15) is 4.58 Å². The minimum absolute atomic E-state index is 0.214. The Morgan fingerprint density at radius 1 is 0.762 bits per heavy atom. The maximum Gasteiger partial charge on any atom is 0.253 e. The molecule has 0 saturated heterocycles. The third-order valence-electron chi connectivity index (χ3n) is 2.51. The van der Waals surface area contributed by atoms with E-state index in [4.69, 9.17) is 0 Å². The third kappa shape index (κ3) is 3.46. The topological polar surface area (TPSA) is 107 Å². The molecule has 21 heavy (non-hydrogen) atoms. The van der Waals surface area contributed by atoms with E-state index < -0.39 is 24.6 Å². The van der Waals surface area contributed by atoms with Crippen LogP contribution < -0.4 is 4.83 Å². The van der Waals surface area contributed by atoms with Crippen LogP contribution in [0.4, 0.5) is 0 Å². The second-order valence-electron chi connectivity index (χ2n) is 3.95.